The molecule has 0 aromatic heterocycles. The maximum Gasteiger partial charge on any atom is 0.266 e. The lowest BCUT2D eigenvalue weighted by atomic mass is 10.1. The third-order valence-electron chi connectivity index (χ3n) is 3.39. The molecule has 0 fully saturated rings. The van der Waals surface area contributed by atoms with Crippen LogP contribution in [0.2, 0.25) is 10.0 Å². The first-order valence-electron chi connectivity index (χ1n) is 6.96. The Morgan fingerprint density at radius 3 is 2.42 bits per heavy atom. The van der Waals surface area contributed by atoms with Crippen molar-refractivity contribution < 1.29 is 13.2 Å². The van der Waals surface area contributed by atoms with Crippen LogP contribution in [0.15, 0.2) is 41.3 Å². The Hall–Kier alpha value is -1.76. The zero-order valence-electron chi connectivity index (χ0n) is 13.1. The lowest BCUT2D eigenvalue weighted by Gasteiger charge is -2.25. The Morgan fingerprint density at radius 2 is 1.79 bits per heavy atom. The van der Waals surface area contributed by atoms with E-state index in [4.69, 9.17) is 28.9 Å². The molecular weight excluding hydrogens is 371 g/mol. The zero-order chi connectivity index (χ0) is 18.1. The van der Waals surface area contributed by atoms with E-state index in [-0.39, 0.29) is 14.9 Å². The molecule has 0 aliphatic heterocycles. The Labute approximate surface area is 151 Å². The van der Waals surface area contributed by atoms with Gasteiger partial charge in [-0.15, -0.1) is 0 Å². The van der Waals surface area contributed by atoms with Crippen LogP contribution in [0.5, 0.6) is 0 Å². The van der Waals surface area contributed by atoms with Crippen LogP contribution >= 0.6 is 23.2 Å². The Bertz CT molecular complexity index is 898. The molecule has 0 aliphatic rings. The van der Waals surface area contributed by atoms with Gasteiger partial charge in [0.25, 0.3) is 10.0 Å². The number of rotatable bonds is 5. The fraction of sp³-hybridized carbons (Fsp3) is 0.188. The number of anilines is 1. The Balaban J connectivity index is 2.69. The van der Waals surface area contributed by atoms with Crippen molar-refractivity contribution in [2.24, 2.45) is 5.73 Å². The van der Waals surface area contributed by atoms with Gasteiger partial charge >= 0.3 is 0 Å². The van der Waals surface area contributed by atoms with E-state index in [0.29, 0.717) is 11.3 Å². The molecule has 0 radical (unpaired) electrons. The van der Waals surface area contributed by atoms with Gasteiger partial charge in [-0.2, -0.15) is 0 Å². The minimum atomic E-state index is -4.13. The van der Waals surface area contributed by atoms with Crippen molar-refractivity contribution in [1.29, 1.82) is 0 Å². The van der Waals surface area contributed by atoms with Gasteiger partial charge in [0.2, 0.25) is 5.91 Å². The van der Waals surface area contributed by atoms with Gasteiger partial charge in [-0.3, -0.25) is 9.10 Å². The molecule has 0 spiro atoms. The van der Waals surface area contributed by atoms with E-state index in [1.165, 1.54) is 18.2 Å². The smallest absolute Gasteiger partial charge is 0.266 e. The fourth-order valence-corrected chi connectivity index (χ4v) is 4.45. The van der Waals surface area contributed by atoms with Crippen LogP contribution in [0.25, 0.3) is 0 Å². The van der Waals surface area contributed by atoms with E-state index in [0.717, 1.165) is 9.87 Å². The van der Waals surface area contributed by atoms with Crippen LogP contribution in [0.4, 0.5) is 5.69 Å². The lowest BCUT2D eigenvalue weighted by molar-refractivity contribution is -0.116. The summed E-state index contributed by atoms with van der Waals surface area (Å²) in [6.07, 6.45) is 0. The van der Waals surface area contributed by atoms with Crippen molar-refractivity contribution in [2.75, 3.05) is 10.8 Å². The molecule has 0 heterocycles. The predicted octanol–water partition coefficient (Wildman–Crippen LogP) is 3.29. The molecule has 5 nitrogen and oxygen atoms in total. The third kappa shape index (κ3) is 3.83. The van der Waals surface area contributed by atoms with Gasteiger partial charge in [0.05, 0.1) is 10.7 Å². The highest BCUT2D eigenvalue weighted by Crippen LogP contribution is 2.32. The van der Waals surface area contributed by atoms with Crippen molar-refractivity contribution in [3.05, 3.63) is 57.6 Å². The van der Waals surface area contributed by atoms with Gasteiger partial charge < -0.3 is 5.73 Å². The van der Waals surface area contributed by atoms with E-state index in [1.807, 2.05) is 13.0 Å². The van der Waals surface area contributed by atoms with Crippen LogP contribution in [-0.4, -0.2) is 20.9 Å². The number of hydrogen-bond acceptors (Lipinski definition) is 3. The summed E-state index contributed by atoms with van der Waals surface area (Å²) in [7, 11) is -4.13. The molecule has 2 aromatic carbocycles. The molecule has 2 aromatic rings. The molecule has 0 atom stereocenters. The fourth-order valence-electron chi connectivity index (χ4n) is 2.22. The summed E-state index contributed by atoms with van der Waals surface area (Å²) in [6.45, 7) is 3.07. The molecule has 0 aliphatic carbocycles. The summed E-state index contributed by atoms with van der Waals surface area (Å²) < 4.78 is 27.1. The number of aryl methyl sites for hydroxylation is 2. The standard InChI is InChI=1S/C16H16Cl2N2O3S/c1-10-3-4-11(2)14(7-10)20(9-16(19)21)24(22,23)15-8-12(17)5-6-13(15)18/h3-8H,9H2,1-2H3,(H2,19,21). The summed E-state index contributed by atoms with van der Waals surface area (Å²) >= 11 is 11.9. The quantitative estimate of drug-likeness (QED) is 0.855. The van der Waals surface area contributed by atoms with Gasteiger partial charge in [0.15, 0.2) is 0 Å². The number of nitrogens with zero attached hydrogens (tertiary/aromatic N) is 1. The average molecular weight is 387 g/mol. The SMILES string of the molecule is Cc1ccc(C)c(N(CC(N)=O)S(=O)(=O)c2cc(Cl)ccc2Cl)c1. The number of sulfonamides is 1. The van der Waals surface area contributed by atoms with Crippen LogP contribution in [-0.2, 0) is 14.8 Å². The van der Waals surface area contributed by atoms with Crippen LogP contribution in [0.3, 0.4) is 0 Å². The maximum absolute atomic E-state index is 13.1. The number of nitrogens with two attached hydrogens (primary N) is 1. The monoisotopic (exact) mass is 386 g/mol. The highest BCUT2D eigenvalue weighted by molar-refractivity contribution is 7.93. The van der Waals surface area contributed by atoms with Crippen molar-refractivity contribution in [1.82, 2.24) is 0 Å². The normalized spacial score (nSPS) is 11.3. The number of primary amides is 1. The van der Waals surface area contributed by atoms with Gasteiger partial charge in [0, 0.05) is 5.02 Å². The first-order chi connectivity index (χ1) is 11.1. The molecule has 0 bridgehead atoms. The van der Waals surface area contributed by atoms with E-state index in [9.17, 15) is 13.2 Å². The summed E-state index contributed by atoms with van der Waals surface area (Å²) in [5.41, 5.74) is 7.15. The van der Waals surface area contributed by atoms with Gasteiger partial charge in [0.1, 0.15) is 11.4 Å². The number of amides is 1. The minimum Gasteiger partial charge on any atom is -0.368 e. The van der Waals surface area contributed by atoms with E-state index in [2.05, 4.69) is 0 Å². The first-order valence-corrected chi connectivity index (χ1v) is 9.16. The largest absolute Gasteiger partial charge is 0.368 e. The molecule has 0 saturated carbocycles. The van der Waals surface area contributed by atoms with Gasteiger partial charge in [-0.25, -0.2) is 8.42 Å². The average Bonchev–Trinajstić information content (AvgIpc) is 2.49. The van der Waals surface area contributed by atoms with Gasteiger partial charge in [-0.1, -0.05) is 35.3 Å². The van der Waals surface area contributed by atoms with Crippen molar-refractivity contribution >= 4 is 44.8 Å². The second-order valence-electron chi connectivity index (χ2n) is 5.34. The molecule has 2 N–H and O–H groups in total. The molecule has 0 unspecified atom stereocenters. The minimum absolute atomic E-state index is 0.0131. The zero-order valence-corrected chi connectivity index (χ0v) is 15.4. The predicted molar refractivity (Wildman–Crippen MR) is 96.1 cm³/mol. The van der Waals surface area contributed by atoms with Crippen LogP contribution in [0.1, 0.15) is 11.1 Å². The molecule has 128 valence electrons. The number of benzene rings is 2. The van der Waals surface area contributed by atoms with E-state index < -0.39 is 22.5 Å². The van der Waals surface area contributed by atoms with Crippen LogP contribution < -0.4 is 10.0 Å². The second-order valence-corrected chi connectivity index (χ2v) is 8.02. The maximum atomic E-state index is 13.1. The Kier molecular flexibility index (Phi) is 5.42. The Morgan fingerprint density at radius 1 is 1.12 bits per heavy atom. The topological polar surface area (TPSA) is 80.5 Å². The molecule has 24 heavy (non-hydrogen) atoms. The summed E-state index contributed by atoms with van der Waals surface area (Å²) in [6, 6.07) is 9.42. The third-order valence-corrected chi connectivity index (χ3v) is 5.87. The first kappa shape index (κ1) is 18.6. The van der Waals surface area contributed by atoms with Crippen molar-refractivity contribution in [2.45, 2.75) is 18.7 Å². The number of halogens is 2. The summed E-state index contributed by atoms with van der Waals surface area (Å²) in [5.74, 6) is -0.780. The van der Waals surface area contributed by atoms with Crippen molar-refractivity contribution in [3.63, 3.8) is 0 Å². The molecular formula is C16H16Cl2N2O3S. The van der Waals surface area contributed by atoms with Crippen molar-refractivity contribution in [3.8, 4) is 0 Å². The summed E-state index contributed by atoms with van der Waals surface area (Å²) in [5, 5.41) is 0.233. The number of hydrogen-bond donors (Lipinski definition) is 1. The molecule has 1 amide bonds. The lowest BCUT2D eigenvalue weighted by Crippen LogP contribution is -2.39. The van der Waals surface area contributed by atoms with Gasteiger partial charge in [-0.05, 0) is 49.2 Å². The molecule has 8 heteroatoms. The van der Waals surface area contributed by atoms with E-state index in [1.54, 1.807) is 19.1 Å². The highest BCUT2D eigenvalue weighted by Gasteiger charge is 2.29. The number of carbonyl (C=O) groups is 1. The molecule has 2 rings (SSSR count). The van der Waals surface area contributed by atoms with E-state index >= 15 is 0 Å². The molecule has 0 saturated heterocycles. The second kappa shape index (κ2) is 7.01. The number of carbonyl (C=O) groups excluding carboxylic acids is 1. The highest BCUT2D eigenvalue weighted by atomic mass is 35.5. The summed E-state index contributed by atoms with van der Waals surface area (Å²) in [4.78, 5) is 11.3. The van der Waals surface area contributed by atoms with Crippen LogP contribution in [0, 0.1) is 13.8 Å².